The molecule has 0 saturated heterocycles. The van der Waals surface area contributed by atoms with Gasteiger partial charge in [-0.15, -0.1) is 0 Å². The maximum atomic E-state index is 6.70. The molecule has 0 bridgehead atoms. The first-order valence-electron chi connectivity index (χ1n) is 26.4. The van der Waals surface area contributed by atoms with Gasteiger partial charge in [-0.25, -0.2) is 0 Å². The SMILES string of the molecule is CCCCCCCCOc1cc2c(cc1OCCCCC)c1cc(OCCCCCCCC)c(OCCCCC)cc1c1cc(OCCCCCCCC)c(OCCCCC)cc21. The third-order valence-corrected chi connectivity index (χ3v) is 12.4. The van der Waals surface area contributed by atoms with Crippen LogP contribution in [0.5, 0.6) is 34.5 Å². The van der Waals surface area contributed by atoms with Crippen LogP contribution in [-0.2, 0) is 0 Å². The van der Waals surface area contributed by atoms with Gasteiger partial charge >= 0.3 is 0 Å². The Labute approximate surface area is 384 Å². The van der Waals surface area contributed by atoms with Gasteiger partial charge in [0.05, 0.1) is 39.6 Å². The average Bonchev–Trinajstić information content (AvgIpc) is 3.30. The Morgan fingerprint density at radius 1 is 0.206 bits per heavy atom. The number of hydrogen-bond donors (Lipinski definition) is 0. The zero-order valence-corrected chi connectivity index (χ0v) is 41.2. The summed E-state index contributed by atoms with van der Waals surface area (Å²) in [6.45, 7) is 17.5. The molecule has 0 aromatic heterocycles. The number of unbranched alkanes of at least 4 members (excludes halogenated alkanes) is 21. The summed E-state index contributed by atoms with van der Waals surface area (Å²) in [5.41, 5.74) is 0. The van der Waals surface area contributed by atoms with Gasteiger partial charge in [-0.2, -0.15) is 0 Å². The Morgan fingerprint density at radius 3 is 0.540 bits per heavy atom. The van der Waals surface area contributed by atoms with Gasteiger partial charge < -0.3 is 28.4 Å². The molecule has 0 amide bonds. The molecular formula is C57H90O6. The summed E-state index contributed by atoms with van der Waals surface area (Å²) in [4.78, 5) is 0. The second-order valence-electron chi connectivity index (χ2n) is 18.0. The molecule has 0 saturated carbocycles. The lowest BCUT2D eigenvalue weighted by atomic mass is 9.93. The molecule has 0 atom stereocenters. The maximum Gasteiger partial charge on any atom is 0.161 e. The van der Waals surface area contributed by atoms with Gasteiger partial charge in [0.1, 0.15) is 0 Å². The van der Waals surface area contributed by atoms with E-state index < -0.39 is 0 Å². The van der Waals surface area contributed by atoms with E-state index >= 15 is 0 Å². The molecule has 63 heavy (non-hydrogen) atoms. The van der Waals surface area contributed by atoms with Crippen molar-refractivity contribution in [2.75, 3.05) is 39.6 Å². The van der Waals surface area contributed by atoms with Crippen LogP contribution in [0.15, 0.2) is 36.4 Å². The van der Waals surface area contributed by atoms with Crippen molar-refractivity contribution in [3.63, 3.8) is 0 Å². The predicted molar refractivity (Wildman–Crippen MR) is 271 cm³/mol. The van der Waals surface area contributed by atoms with E-state index in [9.17, 15) is 0 Å². The van der Waals surface area contributed by atoms with Crippen LogP contribution in [0.1, 0.15) is 215 Å². The van der Waals surface area contributed by atoms with E-state index in [4.69, 9.17) is 28.4 Å². The summed E-state index contributed by atoms with van der Waals surface area (Å²) in [5, 5.41) is 6.72. The Balaban J connectivity index is 1.90. The quantitative estimate of drug-likeness (QED) is 0.0329. The average molecular weight is 871 g/mol. The van der Waals surface area contributed by atoms with Crippen LogP contribution in [0.4, 0.5) is 0 Å². The van der Waals surface area contributed by atoms with E-state index in [0.29, 0.717) is 39.6 Å². The molecule has 4 rings (SSSR count). The van der Waals surface area contributed by atoms with E-state index in [1.165, 1.54) is 96.3 Å². The molecule has 0 aliphatic rings. The third-order valence-electron chi connectivity index (χ3n) is 12.4. The molecule has 0 radical (unpaired) electrons. The highest BCUT2D eigenvalue weighted by molar-refractivity contribution is 6.26. The first-order valence-corrected chi connectivity index (χ1v) is 26.4. The Morgan fingerprint density at radius 2 is 0.349 bits per heavy atom. The highest BCUT2D eigenvalue weighted by Crippen LogP contribution is 2.47. The van der Waals surface area contributed by atoms with Gasteiger partial charge in [-0.3, -0.25) is 0 Å². The zero-order chi connectivity index (χ0) is 44.7. The molecule has 0 aliphatic carbocycles. The van der Waals surface area contributed by atoms with Crippen LogP contribution in [0.2, 0.25) is 0 Å². The fraction of sp³-hybridized carbons (Fsp3) is 0.684. The van der Waals surface area contributed by atoms with Gasteiger partial charge in [0.15, 0.2) is 34.5 Å². The second-order valence-corrected chi connectivity index (χ2v) is 18.0. The molecule has 0 heterocycles. The van der Waals surface area contributed by atoms with Crippen molar-refractivity contribution in [2.24, 2.45) is 0 Å². The Bertz CT molecular complexity index is 1580. The molecule has 6 nitrogen and oxygen atoms in total. The second kappa shape index (κ2) is 32.2. The van der Waals surface area contributed by atoms with Crippen LogP contribution in [0, 0.1) is 0 Å². The number of ether oxygens (including phenoxy) is 6. The summed E-state index contributed by atoms with van der Waals surface area (Å²) in [7, 11) is 0. The van der Waals surface area contributed by atoms with Crippen molar-refractivity contribution < 1.29 is 28.4 Å². The van der Waals surface area contributed by atoms with Crippen LogP contribution in [0.25, 0.3) is 32.3 Å². The van der Waals surface area contributed by atoms with Crippen LogP contribution >= 0.6 is 0 Å². The standard InChI is InChI=1S/C57H90O6/c1-7-13-19-22-25-31-37-61-55-43-49-46(40-52(55)58-34-28-16-10-4)50-44-56(62-38-32-26-23-20-14-8-2)54(60-36-30-18-12-6)42-48(50)51-45-57(63-39-33-27-24-21-15-9-3)53(41-47(49)51)59-35-29-17-11-5/h40-45H,7-39H2,1-6H3. The number of benzene rings is 4. The van der Waals surface area contributed by atoms with Crippen molar-refractivity contribution >= 4 is 32.3 Å². The Kier molecular flexibility index (Phi) is 26.6. The van der Waals surface area contributed by atoms with Gasteiger partial charge in [-0.1, -0.05) is 176 Å². The van der Waals surface area contributed by atoms with Crippen molar-refractivity contribution in [2.45, 2.75) is 215 Å². The molecule has 4 aromatic carbocycles. The lowest BCUT2D eigenvalue weighted by Gasteiger charge is -2.21. The monoisotopic (exact) mass is 871 g/mol. The number of fused-ring (bicyclic) bond motifs is 6. The highest BCUT2D eigenvalue weighted by Gasteiger charge is 2.21. The molecule has 0 spiro atoms. The smallest absolute Gasteiger partial charge is 0.161 e. The molecule has 354 valence electrons. The zero-order valence-electron chi connectivity index (χ0n) is 41.2. The van der Waals surface area contributed by atoms with E-state index in [1.54, 1.807) is 0 Å². The minimum atomic E-state index is 0.662. The fourth-order valence-electron chi connectivity index (χ4n) is 8.49. The van der Waals surface area contributed by atoms with Gasteiger partial charge in [0.2, 0.25) is 0 Å². The topological polar surface area (TPSA) is 55.4 Å². The van der Waals surface area contributed by atoms with E-state index in [0.717, 1.165) is 144 Å². The molecule has 4 aromatic rings. The minimum absolute atomic E-state index is 0.662. The summed E-state index contributed by atoms with van der Waals surface area (Å²) in [6, 6.07) is 13.4. The van der Waals surface area contributed by atoms with Gasteiger partial charge in [0.25, 0.3) is 0 Å². The number of hydrogen-bond acceptors (Lipinski definition) is 6. The first kappa shape index (κ1) is 52.1. The third kappa shape index (κ3) is 18.1. The van der Waals surface area contributed by atoms with Crippen LogP contribution < -0.4 is 28.4 Å². The molecule has 0 unspecified atom stereocenters. The molecule has 6 heteroatoms. The van der Waals surface area contributed by atoms with Crippen molar-refractivity contribution in [1.29, 1.82) is 0 Å². The Hall–Kier alpha value is -3.54. The first-order chi connectivity index (χ1) is 31.1. The van der Waals surface area contributed by atoms with Crippen LogP contribution in [0.3, 0.4) is 0 Å². The minimum Gasteiger partial charge on any atom is -0.490 e. The fourth-order valence-corrected chi connectivity index (χ4v) is 8.49. The lowest BCUT2D eigenvalue weighted by Crippen LogP contribution is -2.05. The number of rotatable bonds is 39. The maximum absolute atomic E-state index is 6.70. The lowest BCUT2D eigenvalue weighted by molar-refractivity contribution is 0.259. The largest absolute Gasteiger partial charge is 0.490 e. The van der Waals surface area contributed by atoms with Crippen molar-refractivity contribution in [3.8, 4) is 34.5 Å². The molecular weight excluding hydrogens is 781 g/mol. The highest BCUT2D eigenvalue weighted by atomic mass is 16.5. The molecule has 0 aliphatic heterocycles. The summed E-state index contributed by atoms with van der Waals surface area (Å²) in [6.07, 6.45) is 31.9. The van der Waals surface area contributed by atoms with Crippen LogP contribution in [-0.4, -0.2) is 39.6 Å². The van der Waals surface area contributed by atoms with E-state index in [-0.39, 0.29) is 0 Å². The van der Waals surface area contributed by atoms with Gasteiger partial charge in [0, 0.05) is 0 Å². The normalized spacial score (nSPS) is 11.5. The summed E-state index contributed by atoms with van der Waals surface area (Å²) < 4.78 is 40.0. The van der Waals surface area contributed by atoms with Crippen molar-refractivity contribution in [3.05, 3.63) is 36.4 Å². The van der Waals surface area contributed by atoms with E-state index in [2.05, 4.69) is 77.9 Å². The van der Waals surface area contributed by atoms with E-state index in [1.807, 2.05) is 0 Å². The molecule has 0 N–H and O–H groups in total. The predicted octanol–water partition coefficient (Wildman–Crippen LogP) is 18.1. The van der Waals surface area contributed by atoms with Crippen molar-refractivity contribution in [1.82, 2.24) is 0 Å². The van der Waals surface area contributed by atoms with Gasteiger partial charge in [-0.05, 0) is 107 Å². The summed E-state index contributed by atoms with van der Waals surface area (Å²) >= 11 is 0. The summed E-state index contributed by atoms with van der Waals surface area (Å²) in [5.74, 6) is 4.89. The molecule has 0 fully saturated rings.